The monoisotopic (exact) mass is 400 g/mol. The van der Waals surface area contributed by atoms with Crippen molar-refractivity contribution in [3.63, 3.8) is 0 Å². The maximum Gasteiger partial charge on any atom is 0.253 e. The molecule has 0 aliphatic heterocycles. The third-order valence-corrected chi connectivity index (χ3v) is 5.56. The second-order valence-corrected chi connectivity index (χ2v) is 7.05. The van der Waals surface area contributed by atoms with Crippen molar-refractivity contribution in [3.8, 4) is 5.75 Å². The number of nitrogens with one attached hydrogen (secondary N) is 2. The molecule has 1 aromatic heterocycles. The average Bonchev–Trinajstić information content (AvgIpc) is 3.02. The zero-order chi connectivity index (χ0) is 19.4. The van der Waals surface area contributed by atoms with Gasteiger partial charge >= 0.3 is 0 Å². The zero-order valence-corrected chi connectivity index (χ0v) is 16.3. The highest BCUT2D eigenvalue weighted by molar-refractivity contribution is 7.20. The lowest BCUT2D eigenvalue weighted by atomic mass is 10.1. The summed E-state index contributed by atoms with van der Waals surface area (Å²) in [5, 5.41) is 6.85. The lowest BCUT2D eigenvalue weighted by molar-refractivity contribution is -0.111. The van der Waals surface area contributed by atoms with E-state index in [1.807, 2.05) is 24.3 Å². The van der Waals surface area contributed by atoms with Gasteiger partial charge in [0.25, 0.3) is 5.91 Å². The molecule has 3 rings (SSSR count). The first kappa shape index (κ1) is 18.9. The summed E-state index contributed by atoms with van der Waals surface area (Å²) >= 11 is 7.89. The summed E-state index contributed by atoms with van der Waals surface area (Å²) in [7, 11) is 3.04. The first-order valence-corrected chi connectivity index (χ1v) is 9.29. The number of ether oxygens (including phenoxy) is 1. The van der Waals surface area contributed by atoms with E-state index in [-0.39, 0.29) is 11.8 Å². The molecule has 2 aromatic carbocycles. The van der Waals surface area contributed by atoms with E-state index in [0.717, 1.165) is 15.0 Å². The highest BCUT2D eigenvalue weighted by Crippen LogP contribution is 2.35. The Hall–Kier alpha value is -2.83. The number of methoxy groups -OCH3 is 1. The van der Waals surface area contributed by atoms with Crippen molar-refractivity contribution in [3.05, 3.63) is 64.0 Å². The highest BCUT2D eigenvalue weighted by Gasteiger charge is 2.13. The molecule has 0 radical (unpaired) electrons. The van der Waals surface area contributed by atoms with Crippen molar-refractivity contribution in [2.75, 3.05) is 19.5 Å². The van der Waals surface area contributed by atoms with Crippen LogP contribution in [0.15, 0.2) is 48.5 Å². The molecule has 0 fully saturated rings. The van der Waals surface area contributed by atoms with Gasteiger partial charge in [0.2, 0.25) is 5.91 Å². The van der Waals surface area contributed by atoms with E-state index in [4.69, 9.17) is 16.3 Å². The van der Waals surface area contributed by atoms with E-state index in [2.05, 4.69) is 10.6 Å². The molecule has 0 aliphatic rings. The molecule has 2 N–H and O–H groups in total. The molecule has 7 heteroatoms. The standard InChI is InChI=1S/C20H17ClN2O3S/c1-22-20(25)14-11-12(26-2)7-8-15(14)23-18(24)10-9-17-19(21)13-5-3-4-6-16(13)27-17/h3-11H,1-2H3,(H,22,25)(H,23,24). The lowest BCUT2D eigenvalue weighted by Gasteiger charge is -2.10. The summed E-state index contributed by atoms with van der Waals surface area (Å²) in [6, 6.07) is 12.7. The molecule has 0 saturated heterocycles. The van der Waals surface area contributed by atoms with E-state index >= 15 is 0 Å². The number of carbonyl (C=O) groups excluding carboxylic acids is 2. The summed E-state index contributed by atoms with van der Waals surface area (Å²) in [5.41, 5.74) is 0.714. The molecule has 1 heterocycles. The van der Waals surface area contributed by atoms with Crippen LogP contribution < -0.4 is 15.4 Å². The van der Waals surface area contributed by atoms with E-state index in [9.17, 15) is 9.59 Å². The second-order valence-electron chi connectivity index (χ2n) is 5.59. The number of halogens is 1. The van der Waals surface area contributed by atoms with Crippen molar-refractivity contribution < 1.29 is 14.3 Å². The smallest absolute Gasteiger partial charge is 0.253 e. The largest absolute Gasteiger partial charge is 0.497 e. The fraction of sp³-hybridized carbons (Fsp3) is 0.100. The normalized spacial score (nSPS) is 10.9. The number of hydrogen-bond acceptors (Lipinski definition) is 4. The Kier molecular flexibility index (Phi) is 5.78. The summed E-state index contributed by atoms with van der Waals surface area (Å²) in [4.78, 5) is 25.2. The number of hydrogen-bond donors (Lipinski definition) is 2. The highest BCUT2D eigenvalue weighted by atomic mass is 35.5. The predicted octanol–water partition coefficient (Wildman–Crippen LogP) is 4.57. The van der Waals surface area contributed by atoms with Crippen LogP contribution in [0.4, 0.5) is 5.69 Å². The minimum Gasteiger partial charge on any atom is -0.497 e. The lowest BCUT2D eigenvalue weighted by Crippen LogP contribution is -2.21. The molecule has 0 unspecified atom stereocenters. The molecular formula is C20H17ClN2O3S. The topological polar surface area (TPSA) is 67.4 Å². The van der Waals surface area contributed by atoms with Crippen LogP contribution in [0.25, 0.3) is 16.2 Å². The molecule has 5 nitrogen and oxygen atoms in total. The maximum absolute atomic E-state index is 12.3. The van der Waals surface area contributed by atoms with Gasteiger partial charge in [0.15, 0.2) is 0 Å². The third kappa shape index (κ3) is 4.13. The Bertz CT molecular complexity index is 1040. The van der Waals surface area contributed by atoms with Crippen LogP contribution >= 0.6 is 22.9 Å². The Morgan fingerprint density at radius 2 is 1.96 bits per heavy atom. The number of rotatable bonds is 5. The number of thiophene rings is 1. The van der Waals surface area contributed by atoms with Crippen LogP contribution in [0.5, 0.6) is 5.75 Å². The third-order valence-electron chi connectivity index (χ3n) is 3.90. The minimum atomic E-state index is -0.362. The van der Waals surface area contributed by atoms with Gasteiger partial charge in [0.1, 0.15) is 5.75 Å². The molecule has 0 spiro atoms. The predicted molar refractivity (Wildman–Crippen MR) is 111 cm³/mol. The minimum absolute atomic E-state index is 0.318. The van der Waals surface area contributed by atoms with Crippen LogP contribution in [-0.4, -0.2) is 26.0 Å². The van der Waals surface area contributed by atoms with E-state index < -0.39 is 0 Å². The van der Waals surface area contributed by atoms with Gasteiger partial charge in [-0.15, -0.1) is 11.3 Å². The first-order valence-electron chi connectivity index (χ1n) is 8.09. The maximum atomic E-state index is 12.3. The van der Waals surface area contributed by atoms with Gasteiger partial charge in [-0.2, -0.15) is 0 Å². The van der Waals surface area contributed by atoms with Crippen molar-refractivity contribution in [2.45, 2.75) is 0 Å². The molecule has 2 amide bonds. The summed E-state index contributed by atoms with van der Waals surface area (Å²) < 4.78 is 6.19. The fourth-order valence-corrected chi connectivity index (χ4v) is 3.95. The summed E-state index contributed by atoms with van der Waals surface area (Å²) in [5.74, 6) is -0.154. The zero-order valence-electron chi connectivity index (χ0n) is 14.7. The molecule has 0 bridgehead atoms. The molecule has 138 valence electrons. The van der Waals surface area contributed by atoms with Crippen molar-refractivity contribution in [1.82, 2.24) is 5.32 Å². The SMILES string of the molecule is CNC(=O)c1cc(OC)ccc1NC(=O)C=Cc1sc2ccccc2c1Cl. The van der Waals surface area contributed by atoms with Gasteiger partial charge in [-0.3, -0.25) is 9.59 Å². The quantitative estimate of drug-likeness (QED) is 0.616. The summed E-state index contributed by atoms with van der Waals surface area (Å²) in [6.45, 7) is 0. The van der Waals surface area contributed by atoms with Gasteiger partial charge in [-0.05, 0) is 30.3 Å². The Balaban J connectivity index is 1.82. The number of amides is 2. The van der Waals surface area contributed by atoms with Gasteiger partial charge in [-0.25, -0.2) is 0 Å². The second kappa shape index (κ2) is 8.24. The van der Waals surface area contributed by atoms with Crippen LogP contribution in [0.3, 0.4) is 0 Å². The molecule has 0 saturated carbocycles. The van der Waals surface area contributed by atoms with E-state index in [1.54, 1.807) is 24.3 Å². The first-order chi connectivity index (χ1) is 13.0. The molecule has 3 aromatic rings. The Morgan fingerprint density at radius 1 is 1.19 bits per heavy atom. The fourth-order valence-electron chi connectivity index (χ4n) is 2.55. The van der Waals surface area contributed by atoms with Crippen molar-refractivity contribution in [1.29, 1.82) is 0 Å². The molecule has 0 aliphatic carbocycles. The van der Waals surface area contributed by atoms with Gasteiger partial charge in [0.05, 0.1) is 23.4 Å². The van der Waals surface area contributed by atoms with Gasteiger partial charge in [0, 0.05) is 28.1 Å². The van der Waals surface area contributed by atoms with Crippen LogP contribution in [0.1, 0.15) is 15.2 Å². The van der Waals surface area contributed by atoms with Gasteiger partial charge < -0.3 is 15.4 Å². The molecule has 27 heavy (non-hydrogen) atoms. The Labute approximate surface area is 165 Å². The summed E-state index contributed by atoms with van der Waals surface area (Å²) in [6.07, 6.45) is 3.07. The number of fused-ring (bicyclic) bond motifs is 1. The molecule has 0 atom stereocenters. The number of anilines is 1. The van der Waals surface area contributed by atoms with Gasteiger partial charge in [-0.1, -0.05) is 29.8 Å². The molecular weight excluding hydrogens is 384 g/mol. The van der Waals surface area contributed by atoms with E-state index in [0.29, 0.717) is 22.0 Å². The number of carbonyl (C=O) groups is 2. The average molecular weight is 401 g/mol. The Morgan fingerprint density at radius 3 is 2.67 bits per heavy atom. The van der Waals surface area contributed by atoms with Crippen LogP contribution in [0, 0.1) is 0 Å². The number of benzene rings is 2. The van der Waals surface area contributed by atoms with E-state index in [1.165, 1.54) is 31.6 Å². The van der Waals surface area contributed by atoms with Crippen LogP contribution in [0.2, 0.25) is 5.02 Å². The van der Waals surface area contributed by atoms with Crippen molar-refractivity contribution >= 4 is 56.6 Å². The van der Waals surface area contributed by atoms with Crippen LogP contribution in [-0.2, 0) is 4.79 Å². The van der Waals surface area contributed by atoms with Crippen molar-refractivity contribution in [2.24, 2.45) is 0 Å².